The van der Waals surface area contributed by atoms with E-state index in [0.29, 0.717) is 19.4 Å². The summed E-state index contributed by atoms with van der Waals surface area (Å²) in [7, 11) is -6.96. The summed E-state index contributed by atoms with van der Waals surface area (Å²) < 4.78 is 47.9. The minimum Gasteiger partial charge on any atom is -0.324 e. The highest BCUT2D eigenvalue weighted by atomic mass is 32.2. The van der Waals surface area contributed by atoms with E-state index in [2.05, 4.69) is 5.32 Å². The molecule has 7 nitrogen and oxygen atoms in total. The van der Waals surface area contributed by atoms with Crippen molar-refractivity contribution in [3.63, 3.8) is 0 Å². The number of anilines is 1. The molecule has 0 aromatic heterocycles. The molecule has 0 aliphatic carbocycles. The van der Waals surface area contributed by atoms with Crippen LogP contribution in [0.15, 0.2) is 29.2 Å². The number of benzene rings is 1. The van der Waals surface area contributed by atoms with Crippen molar-refractivity contribution in [2.45, 2.75) is 23.8 Å². The number of sulfonamides is 1. The first-order valence-electron chi connectivity index (χ1n) is 6.67. The van der Waals surface area contributed by atoms with Gasteiger partial charge in [0.1, 0.15) is 6.04 Å². The van der Waals surface area contributed by atoms with E-state index in [4.69, 9.17) is 0 Å². The van der Waals surface area contributed by atoms with Crippen molar-refractivity contribution in [1.29, 1.82) is 0 Å². The molecule has 0 spiro atoms. The number of sulfone groups is 1. The quantitative estimate of drug-likeness (QED) is 0.853. The Labute approximate surface area is 130 Å². The zero-order valence-electron chi connectivity index (χ0n) is 12.3. The molecule has 1 saturated heterocycles. The smallest absolute Gasteiger partial charge is 0.242 e. The zero-order valence-corrected chi connectivity index (χ0v) is 13.9. The van der Waals surface area contributed by atoms with Crippen molar-refractivity contribution in [2.24, 2.45) is 0 Å². The molecule has 0 radical (unpaired) electrons. The number of hydrogen-bond donors (Lipinski definition) is 1. The Balaban J connectivity index is 2.27. The van der Waals surface area contributed by atoms with Gasteiger partial charge in [0.25, 0.3) is 0 Å². The summed E-state index contributed by atoms with van der Waals surface area (Å²) in [6.07, 6.45) is 3.12. The number of amides is 1. The van der Waals surface area contributed by atoms with E-state index in [1.54, 1.807) is 12.1 Å². The molecule has 1 aliphatic heterocycles. The van der Waals surface area contributed by atoms with Crippen LogP contribution in [-0.2, 0) is 24.7 Å². The van der Waals surface area contributed by atoms with Crippen molar-refractivity contribution in [2.75, 3.05) is 24.4 Å². The van der Waals surface area contributed by atoms with Crippen LogP contribution in [0.5, 0.6) is 0 Å². The molecule has 22 heavy (non-hydrogen) atoms. The molecule has 1 aliphatic rings. The fraction of sp³-hybridized carbons (Fsp3) is 0.462. The molecule has 1 aromatic carbocycles. The predicted octanol–water partition coefficient (Wildman–Crippen LogP) is 0.453. The standard InChI is InChI=1S/C13H18N2O5S2/c1-21(17,18)12-8-4-3-6-10(12)14-13(16)11-7-5-9-15(11)22(2,19)20/h3-4,6,8,11H,5,7,9H2,1-2H3,(H,14,16). The molecule has 1 fully saturated rings. The number of carbonyl (C=O) groups excluding carboxylic acids is 1. The van der Waals surface area contributed by atoms with Crippen LogP contribution in [-0.4, -0.2) is 52.1 Å². The zero-order chi connectivity index (χ0) is 16.5. The van der Waals surface area contributed by atoms with E-state index in [-0.39, 0.29) is 10.6 Å². The summed E-state index contributed by atoms with van der Waals surface area (Å²) in [5.74, 6) is -0.515. The van der Waals surface area contributed by atoms with Crippen molar-refractivity contribution in [3.8, 4) is 0 Å². The topological polar surface area (TPSA) is 101 Å². The van der Waals surface area contributed by atoms with E-state index < -0.39 is 31.8 Å². The molecule has 1 N–H and O–H groups in total. The number of nitrogens with zero attached hydrogens (tertiary/aromatic N) is 1. The average Bonchev–Trinajstić information content (AvgIpc) is 2.87. The lowest BCUT2D eigenvalue weighted by molar-refractivity contribution is -0.119. The van der Waals surface area contributed by atoms with E-state index >= 15 is 0 Å². The SMILES string of the molecule is CS(=O)(=O)c1ccccc1NC(=O)C1CCCN1S(C)(=O)=O. The van der Waals surface area contributed by atoms with Crippen molar-refractivity contribution < 1.29 is 21.6 Å². The largest absolute Gasteiger partial charge is 0.324 e. The lowest BCUT2D eigenvalue weighted by Gasteiger charge is -2.21. The van der Waals surface area contributed by atoms with Gasteiger partial charge < -0.3 is 5.32 Å². The van der Waals surface area contributed by atoms with Gasteiger partial charge in [-0.15, -0.1) is 0 Å². The Bertz CT molecular complexity index is 786. The second kappa shape index (κ2) is 5.98. The Morgan fingerprint density at radius 2 is 1.82 bits per heavy atom. The van der Waals surface area contributed by atoms with Gasteiger partial charge in [-0.25, -0.2) is 16.8 Å². The fourth-order valence-electron chi connectivity index (χ4n) is 2.51. The van der Waals surface area contributed by atoms with Gasteiger partial charge in [-0.3, -0.25) is 4.79 Å². The van der Waals surface area contributed by atoms with Gasteiger partial charge in [0, 0.05) is 12.8 Å². The number of hydrogen-bond acceptors (Lipinski definition) is 5. The first kappa shape index (κ1) is 16.9. The third-order valence-corrected chi connectivity index (χ3v) is 5.92. The van der Waals surface area contributed by atoms with Crippen molar-refractivity contribution in [3.05, 3.63) is 24.3 Å². The lowest BCUT2D eigenvalue weighted by atomic mass is 10.2. The highest BCUT2D eigenvalue weighted by molar-refractivity contribution is 7.90. The molecule has 0 bridgehead atoms. The van der Waals surface area contributed by atoms with Gasteiger partial charge in [0.2, 0.25) is 15.9 Å². The van der Waals surface area contributed by atoms with E-state index in [0.717, 1.165) is 16.8 Å². The maximum Gasteiger partial charge on any atom is 0.242 e. The van der Waals surface area contributed by atoms with Gasteiger partial charge in [-0.2, -0.15) is 4.31 Å². The normalized spacial score (nSPS) is 20.0. The molecule has 2 rings (SSSR count). The fourth-order valence-corrected chi connectivity index (χ4v) is 4.48. The molecular formula is C13H18N2O5S2. The minimum atomic E-state index is -3.49. The number of nitrogens with one attached hydrogen (secondary N) is 1. The maximum atomic E-state index is 12.3. The number of para-hydroxylation sites is 1. The molecule has 1 atom stereocenters. The van der Waals surface area contributed by atoms with E-state index in [1.807, 2.05) is 0 Å². The van der Waals surface area contributed by atoms with Gasteiger partial charge in [0.05, 0.1) is 16.8 Å². The van der Waals surface area contributed by atoms with Crippen LogP contribution in [0, 0.1) is 0 Å². The molecule has 122 valence electrons. The lowest BCUT2D eigenvalue weighted by Crippen LogP contribution is -2.42. The number of rotatable bonds is 4. The van der Waals surface area contributed by atoms with Crippen LogP contribution < -0.4 is 5.32 Å². The molecule has 1 unspecified atom stereocenters. The van der Waals surface area contributed by atoms with E-state index in [1.165, 1.54) is 12.1 Å². The van der Waals surface area contributed by atoms with Gasteiger partial charge in [-0.05, 0) is 25.0 Å². The molecule has 1 aromatic rings. The van der Waals surface area contributed by atoms with Gasteiger partial charge in [-0.1, -0.05) is 12.1 Å². The first-order valence-corrected chi connectivity index (χ1v) is 10.4. The highest BCUT2D eigenvalue weighted by Gasteiger charge is 2.36. The Hall–Kier alpha value is -1.45. The van der Waals surface area contributed by atoms with E-state index in [9.17, 15) is 21.6 Å². The van der Waals surface area contributed by atoms with Crippen LogP contribution in [0.3, 0.4) is 0 Å². The minimum absolute atomic E-state index is 0.00672. The predicted molar refractivity (Wildman–Crippen MR) is 82.8 cm³/mol. The number of carbonyl (C=O) groups is 1. The summed E-state index contributed by atoms with van der Waals surface area (Å²) in [6.45, 7) is 0.296. The summed E-state index contributed by atoms with van der Waals surface area (Å²) in [4.78, 5) is 12.3. The first-order chi connectivity index (χ1) is 10.1. The Kier molecular flexibility index (Phi) is 4.59. The molecular weight excluding hydrogens is 328 g/mol. The Morgan fingerprint density at radius 3 is 2.41 bits per heavy atom. The maximum absolute atomic E-state index is 12.3. The van der Waals surface area contributed by atoms with Crippen LogP contribution in [0.1, 0.15) is 12.8 Å². The summed E-state index contributed by atoms with van der Waals surface area (Å²) in [6, 6.07) is 5.24. The summed E-state index contributed by atoms with van der Waals surface area (Å²) in [5, 5.41) is 2.54. The van der Waals surface area contributed by atoms with Gasteiger partial charge >= 0.3 is 0 Å². The molecule has 1 amide bonds. The van der Waals surface area contributed by atoms with Gasteiger partial charge in [0.15, 0.2) is 9.84 Å². The second-order valence-electron chi connectivity index (χ2n) is 5.29. The molecule has 0 saturated carbocycles. The average molecular weight is 346 g/mol. The summed E-state index contributed by atoms with van der Waals surface area (Å²) >= 11 is 0. The van der Waals surface area contributed by atoms with Crippen molar-refractivity contribution in [1.82, 2.24) is 4.31 Å². The van der Waals surface area contributed by atoms with Crippen molar-refractivity contribution >= 4 is 31.5 Å². The molecule has 9 heteroatoms. The third-order valence-electron chi connectivity index (χ3n) is 3.48. The van der Waals surface area contributed by atoms with Crippen LogP contribution in [0.4, 0.5) is 5.69 Å². The highest BCUT2D eigenvalue weighted by Crippen LogP contribution is 2.24. The monoisotopic (exact) mass is 346 g/mol. The van der Waals surface area contributed by atoms with Crippen LogP contribution in [0.2, 0.25) is 0 Å². The Morgan fingerprint density at radius 1 is 1.18 bits per heavy atom. The van der Waals surface area contributed by atoms with Crippen LogP contribution in [0.25, 0.3) is 0 Å². The summed E-state index contributed by atoms with van der Waals surface area (Å²) in [5.41, 5.74) is 0.162. The third kappa shape index (κ3) is 3.65. The van der Waals surface area contributed by atoms with Crippen LogP contribution >= 0.6 is 0 Å². The molecule has 1 heterocycles. The second-order valence-corrected chi connectivity index (χ2v) is 9.21.